The average Bonchev–Trinajstić information content (AvgIpc) is 2.95. The van der Waals surface area contributed by atoms with Gasteiger partial charge in [0.1, 0.15) is 11.5 Å². The average molecular weight is 363 g/mol. The second kappa shape index (κ2) is 6.64. The zero-order valence-electron chi connectivity index (χ0n) is 13.5. The lowest BCUT2D eigenvalue weighted by molar-refractivity contribution is 0.0989. The minimum Gasteiger partial charge on any atom is -0.379 e. The van der Waals surface area contributed by atoms with Crippen LogP contribution < -0.4 is 5.73 Å². The number of aliphatic imine (C=N–C) groups is 1. The Morgan fingerprint density at radius 2 is 2.21 bits per heavy atom. The predicted molar refractivity (Wildman–Crippen MR) is 97.3 cm³/mol. The molecule has 3 rings (SSSR count). The van der Waals surface area contributed by atoms with Crippen LogP contribution in [0.3, 0.4) is 0 Å². The van der Waals surface area contributed by atoms with Crippen molar-refractivity contribution in [3.63, 3.8) is 0 Å². The molecule has 0 saturated carbocycles. The van der Waals surface area contributed by atoms with E-state index in [0.29, 0.717) is 22.8 Å². The fraction of sp³-hybridized carbons (Fsp3) is 0.353. The van der Waals surface area contributed by atoms with Gasteiger partial charge in [-0.15, -0.1) is 0 Å². The normalized spacial score (nSPS) is 20.7. The predicted octanol–water partition coefficient (Wildman–Crippen LogP) is 3.68. The van der Waals surface area contributed by atoms with Crippen LogP contribution in [0.2, 0.25) is 0 Å². The van der Waals surface area contributed by atoms with Gasteiger partial charge in [-0.3, -0.25) is 9.79 Å². The van der Waals surface area contributed by atoms with E-state index in [1.54, 1.807) is 18.2 Å². The van der Waals surface area contributed by atoms with Gasteiger partial charge in [0.05, 0.1) is 5.54 Å². The van der Waals surface area contributed by atoms with Gasteiger partial charge in [0.25, 0.3) is 0 Å². The molecular formula is C17H18FN3OS2. The number of carbonyl (C=O) groups excluding carboxylic acids is 1. The Hall–Kier alpha value is -1.73. The molecule has 0 radical (unpaired) electrons. The quantitative estimate of drug-likeness (QED) is 0.842. The number of nitrogens with zero attached hydrogens (tertiary/aromatic N) is 2. The Balaban J connectivity index is 1.89. The molecule has 0 unspecified atom stereocenters. The fourth-order valence-electron chi connectivity index (χ4n) is 2.75. The van der Waals surface area contributed by atoms with Crippen molar-refractivity contribution in [2.75, 3.05) is 5.75 Å². The molecule has 0 aliphatic carbocycles. The molecule has 1 atom stereocenters. The van der Waals surface area contributed by atoms with Crippen molar-refractivity contribution in [3.05, 3.63) is 51.8 Å². The van der Waals surface area contributed by atoms with Gasteiger partial charge in [0.15, 0.2) is 11.0 Å². The van der Waals surface area contributed by atoms with Crippen molar-refractivity contribution >= 4 is 34.2 Å². The summed E-state index contributed by atoms with van der Waals surface area (Å²) in [6, 6.07) is 6.56. The van der Waals surface area contributed by atoms with Gasteiger partial charge in [-0.2, -0.15) is 4.37 Å². The minimum absolute atomic E-state index is 0.0655. The molecule has 126 valence electrons. The van der Waals surface area contributed by atoms with Crippen LogP contribution in [0.1, 0.15) is 39.8 Å². The number of thioether (sulfide) groups is 1. The van der Waals surface area contributed by atoms with Crippen LogP contribution in [-0.2, 0) is 12.0 Å². The summed E-state index contributed by atoms with van der Waals surface area (Å²) in [6.07, 6.45) is 0.901. The van der Waals surface area contributed by atoms with Crippen molar-refractivity contribution in [2.24, 2.45) is 10.7 Å². The number of amidine groups is 1. The maximum atomic E-state index is 14.4. The van der Waals surface area contributed by atoms with Crippen LogP contribution in [0.15, 0.2) is 29.3 Å². The molecule has 0 spiro atoms. The van der Waals surface area contributed by atoms with E-state index in [1.807, 2.05) is 13.8 Å². The number of halogens is 1. The summed E-state index contributed by atoms with van der Waals surface area (Å²) in [6.45, 7) is 3.79. The third-order valence-corrected chi connectivity index (χ3v) is 5.57. The molecule has 7 heteroatoms. The van der Waals surface area contributed by atoms with E-state index in [9.17, 15) is 9.18 Å². The maximum absolute atomic E-state index is 14.4. The summed E-state index contributed by atoms with van der Waals surface area (Å²) in [7, 11) is 0. The van der Waals surface area contributed by atoms with Gasteiger partial charge < -0.3 is 5.73 Å². The zero-order chi connectivity index (χ0) is 17.3. The summed E-state index contributed by atoms with van der Waals surface area (Å²) in [4.78, 5) is 17.8. The van der Waals surface area contributed by atoms with E-state index in [0.717, 1.165) is 16.2 Å². The first-order valence-corrected chi connectivity index (χ1v) is 9.37. The molecule has 24 heavy (non-hydrogen) atoms. The van der Waals surface area contributed by atoms with Crippen molar-refractivity contribution in [1.82, 2.24) is 4.37 Å². The van der Waals surface area contributed by atoms with E-state index in [4.69, 9.17) is 5.73 Å². The first-order valence-electron chi connectivity index (χ1n) is 7.61. The van der Waals surface area contributed by atoms with Crippen LogP contribution in [0.25, 0.3) is 0 Å². The van der Waals surface area contributed by atoms with Crippen LogP contribution >= 0.6 is 23.3 Å². The SMILES string of the molecule is Cc1cc(C(=O)Cc2ccc(F)c([C@]3(C)CCSC(N)=N3)c2)ns1. The number of Topliss-reactive ketones (excluding diaryl/α,β-unsaturated/α-hetero) is 1. The molecule has 1 aliphatic heterocycles. The van der Waals surface area contributed by atoms with E-state index in [1.165, 1.54) is 29.4 Å². The number of hydrogen-bond acceptors (Lipinski definition) is 6. The molecule has 1 aromatic carbocycles. The molecule has 1 aliphatic rings. The first-order chi connectivity index (χ1) is 11.4. The van der Waals surface area contributed by atoms with Gasteiger partial charge in [-0.25, -0.2) is 4.39 Å². The maximum Gasteiger partial charge on any atom is 0.186 e. The standard InChI is InChI=1S/C17H18FN3OS2/c1-10-7-14(21-24-10)15(22)9-11-3-4-13(18)12(8-11)17(2)5-6-23-16(19)20-17/h3-4,7-8H,5-6,9H2,1-2H3,(H2,19,20)/t17-/m0/s1. The second-order valence-electron chi connectivity index (χ2n) is 6.06. The Kier molecular flexibility index (Phi) is 4.73. The lowest BCUT2D eigenvalue weighted by Gasteiger charge is -2.30. The second-order valence-corrected chi connectivity index (χ2v) is 8.18. The number of carbonyl (C=O) groups is 1. The van der Waals surface area contributed by atoms with E-state index >= 15 is 0 Å². The Morgan fingerprint density at radius 1 is 1.42 bits per heavy atom. The number of nitrogens with two attached hydrogens (primary N) is 1. The summed E-state index contributed by atoms with van der Waals surface area (Å²) in [5.41, 5.74) is 6.85. The molecule has 0 fully saturated rings. The highest BCUT2D eigenvalue weighted by atomic mass is 32.2. The summed E-state index contributed by atoms with van der Waals surface area (Å²) >= 11 is 2.79. The fourth-order valence-corrected chi connectivity index (χ4v) is 4.29. The highest BCUT2D eigenvalue weighted by molar-refractivity contribution is 8.13. The van der Waals surface area contributed by atoms with Crippen molar-refractivity contribution in [1.29, 1.82) is 0 Å². The summed E-state index contributed by atoms with van der Waals surface area (Å²) in [5, 5.41) is 0.475. The van der Waals surface area contributed by atoms with Crippen molar-refractivity contribution in [3.8, 4) is 0 Å². The van der Waals surface area contributed by atoms with Crippen LogP contribution in [0, 0.1) is 12.7 Å². The Morgan fingerprint density at radius 3 is 2.88 bits per heavy atom. The van der Waals surface area contributed by atoms with Gasteiger partial charge in [-0.05, 0) is 55.6 Å². The smallest absolute Gasteiger partial charge is 0.186 e. The Labute approximate surface area is 148 Å². The lowest BCUT2D eigenvalue weighted by Crippen LogP contribution is -2.29. The first kappa shape index (κ1) is 17.1. The molecule has 2 aromatic rings. The number of benzene rings is 1. The van der Waals surface area contributed by atoms with Crippen molar-refractivity contribution < 1.29 is 9.18 Å². The molecule has 0 bridgehead atoms. The molecule has 0 saturated heterocycles. The summed E-state index contributed by atoms with van der Waals surface area (Å²) < 4.78 is 18.5. The topological polar surface area (TPSA) is 68.3 Å². The lowest BCUT2D eigenvalue weighted by atomic mass is 9.87. The van der Waals surface area contributed by atoms with Crippen LogP contribution in [0.4, 0.5) is 4.39 Å². The van der Waals surface area contributed by atoms with E-state index in [2.05, 4.69) is 9.37 Å². The zero-order valence-corrected chi connectivity index (χ0v) is 15.1. The van der Waals surface area contributed by atoms with E-state index < -0.39 is 5.54 Å². The largest absolute Gasteiger partial charge is 0.379 e. The van der Waals surface area contributed by atoms with Gasteiger partial charge in [-0.1, -0.05) is 17.8 Å². The molecule has 2 N–H and O–H groups in total. The molecular weight excluding hydrogens is 345 g/mol. The number of hydrogen-bond donors (Lipinski definition) is 1. The number of ketones is 1. The highest BCUT2D eigenvalue weighted by Crippen LogP contribution is 2.36. The summed E-state index contributed by atoms with van der Waals surface area (Å²) in [5.74, 6) is 0.415. The van der Waals surface area contributed by atoms with Crippen molar-refractivity contribution in [2.45, 2.75) is 32.2 Å². The third-order valence-electron chi connectivity index (χ3n) is 4.09. The number of rotatable bonds is 4. The monoisotopic (exact) mass is 363 g/mol. The van der Waals surface area contributed by atoms with E-state index in [-0.39, 0.29) is 18.0 Å². The van der Waals surface area contributed by atoms with Gasteiger partial charge >= 0.3 is 0 Å². The number of aromatic nitrogens is 1. The number of aryl methyl sites for hydroxylation is 1. The molecule has 2 heterocycles. The van der Waals surface area contributed by atoms with Gasteiger partial charge in [0, 0.05) is 22.6 Å². The third kappa shape index (κ3) is 3.52. The minimum atomic E-state index is -0.685. The van der Waals surface area contributed by atoms with Crippen LogP contribution in [0.5, 0.6) is 0 Å². The molecule has 1 aromatic heterocycles. The molecule has 0 amide bonds. The highest BCUT2D eigenvalue weighted by Gasteiger charge is 2.32. The molecule has 4 nitrogen and oxygen atoms in total. The van der Waals surface area contributed by atoms with Gasteiger partial charge in [0.2, 0.25) is 0 Å². The van der Waals surface area contributed by atoms with Crippen LogP contribution in [-0.4, -0.2) is 21.1 Å². The Bertz CT molecular complexity index is 818.